The number of fused-ring (bicyclic) bond motifs is 1. The number of imidazole rings is 1. The van der Waals surface area contributed by atoms with Crippen molar-refractivity contribution in [2.75, 3.05) is 31.3 Å². The molecule has 4 aromatic heterocycles. The Morgan fingerprint density at radius 3 is 2.35 bits per heavy atom. The number of piperidine rings is 1. The predicted molar refractivity (Wildman–Crippen MR) is 239 cm³/mol. The molecule has 17 heteroatoms. The number of aryl methyl sites for hydroxylation is 2. The van der Waals surface area contributed by atoms with Crippen LogP contribution < -0.4 is 37.0 Å². The van der Waals surface area contributed by atoms with Crippen LogP contribution in [0.25, 0.3) is 22.4 Å². The summed E-state index contributed by atoms with van der Waals surface area (Å²) in [5.74, 6) is 0.117. The molecule has 63 heavy (non-hydrogen) atoms. The maximum absolute atomic E-state index is 13.5. The fourth-order valence-corrected chi connectivity index (χ4v) is 7.79. The molecule has 6 aromatic rings. The zero-order chi connectivity index (χ0) is 44.5. The average Bonchev–Trinajstić information content (AvgIpc) is 3.54. The summed E-state index contributed by atoms with van der Waals surface area (Å²) in [5, 5.41) is 14.8. The van der Waals surface area contributed by atoms with Crippen LogP contribution in [-0.4, -0.2) is 67.5 Å². The van der Waals surface area contributed by atoms with Crippen molar-refractivity contribution in [3.05, 3.63) is 125 Å². The van der Waals surface area contributed by atoms with E-state index in [-0.39, 0.29) is 34.8 Å². The Kier molecular flexibility index (Phi) is 13.8. The van der Waals surface area contributed by atoms with Gasteiger partial charge < -0.3 is 31.3 Å². The standard InChI is InChI=1S/C46H50FN11O5/c1-28-18-20-37(45(61)54-28)58-36-17-11-14-29(40(36)57(3)46(58)62)13-9-7-5-6-8-10-22-49-43(59)30-19-21-38(50-24-30)56-39-23-35(33(27-51-39)44(60)48-2)55-34-16-12-15-32(41(34)63-4)42-52-25-31(47)26-53-42/h11-12,14-17,19,21,23-27,37H,1,5-10,13,18,20,22H2,2-4H3,(H,48,60)(H,49,59)(H,54,61)(H2,50,51,55,56). The maximum atomic E-state index is 13.5. The van der Waals surface area contributed by atoms with Crippen LogP contribution in [0.4, 0.5) is 27.4 Å². The van der Waals surface area contributed by atoms with E-state index in [0.29, 0.717) is 65.0 Å². The molecule has 0 bridgehead atoms. The van der Waals surface area contributed by atoms with Gasteiger partial charge in [0.25, 0.3) is 11.8 Å². The summed E-state index contributed by atoms with van der Waals surface area (Å²) >= 11 is 0. The normalized spacial score (nSPS) is 13.7. The number of allylic oxidation sites excluding steroid dienone is 1. The zero-order valence-corrected chi connectivity index (χ0v) is 35.5. The first-order valence-electron chi connectivity index (χ1n) is 20.9. The van der Waals surface area contributed by atoms with Crippen molar-refractivity contribution in [3.8, 4) is 17.1 Å². The molecule has 0 spiro atoms. The number of carbonyl (C=O) groups is 3. The number of pyridine rings is 2. The Balaban J connectivity index is 0.869. The number of rotatable bonds is 18. The molecule has 1 unspecified atom stereocenters. The van der Waals surface area contributed by atoms with Gasteiger partial charge in [-0.3, -0.25) is 23.5 Å². The minimum Gasteiger partial charge on any atom is -0.494 e. The molecule has 7 rings (SSSR count). The Hall–Kier alpha value is -7.43. The summed E-state index contributed by atoms with van der Waals surface area (Å²) in [5.41, 5.74) is 5.37. The number of amides is 3. The first-order valence-corrected chi connectivity index (χ1v) is 20.9. The average molecular weight is 856 g/mol. The Bertz CT molecular complexity index is 2700. The molecule has 1 aliphatic heterocycles. The van der Waals surface area contributed by atoms with Gasteiger partial charge in [-0.2, -0.15) is 0 Å². The van der Waals surface area contributed by atoms with Crippen LogP contribution in [0.5, 0.6) is 5.75 Å². The third-order valence-electron chi connectivity index (χ3n) is 11.0. The number of para-hydroxylation sites is 2. The lowest BCUT2D eigenvalue weighted by Crippen LogP contribution is -2.40. The molecule has 5 heterocycles. The Morgan fingerprint density at radius 2 is 1.62 bits per heavy atom. The molecule has 1 atom stereocenters. The molecule has 1 aliphatic rings. The monoisotopic (exact) mass is 855 g/mol. The van der Waals surface area contributed by atoms with Crippen molar-refractivity contribution < 1.29 is 23.5 Å². The van der Waals surface area contributed by atoms with Crippen LogP contribution in [0, 0.1) is 5.82 Å². The van der Waals surface area contributed by atoms with Crippen LogP contribution in [0.3, 0.4) is 0 Å². The number of benzene rings is 2. The van der Waals surface area contributed by atoms with Crippen LogP contribution >= 0.6 is 0 Å². The second-order valence-electron chi connectivity index (χ2n) is 15.3. The Labute approximate surface area is 363 Å². The lowest BCUT2D eigenvalue weighted by Gasteiger charge is -2.24. The van der Waals surface area contributed by atoms with Gasteiger partial charge in [0.2, 0.25) is 5.91 Å². The van der Waals surface area contributed by atoms with Gasteiger partial charge in [0.05, 0.1) is 58.6 Å². The third-order valence-corrected chi connectivity index (χ3v) is 11.0. The topological polar surface area (TPSA) is 199 Å². The number of halogens is 1. The lowest BCUT2D eigenvalue weighted by molar-refractivity contribution is -0.124. The summed E-state index contributed by atoms with van der Waals surface area (Å²) in [6.07, 6.45) is 13.0. The highest BCUT2D eigenvalue weighted by Crippen LogP contribution is 2.37. The van der Waals surface area contributed by atoms with Crippen molar-refractivity contribution in [3.63, 3.8) is 0 Å². The van der Waals surface area contributed by atoms with Gasteiger partial charge in [-0.1, -0.05) is 50.5 Å². The number of hydrogen-bond donors (Lipinski definition) is 5. The Morgan fingerprint density at radius 1 is 0.873 bits per heavy atom. The summed E-state index contributed by atoms with van der Waals surface area (Å²) < 4.78 is 22.5. The highest BCUT2D eigenvalue weighted by molar-refractivity contribution is 6.01. The molecule has 3 amide bonds. The van der Waals surface area contributed by atoms with Gasteiger partial charge in [0, 0.05) is 44.8 Å². The van der Waals surface area contributed by atoms with Gasteiger partial charge in [-0.15, -0.1) is 0 Å². The maximum Gasteiger partial charge on any atom is 0.329 e. The summed E-state index contributed by atoms with van der Waals surface area (Å²) in [7, 11) is 4.78. The minimum absolute atomic E-state index is 0.185. The van der Waals surface area contributed by atoms with E-state index in [0.717, 1.165) is 73.9 Å². The zero-order valence-electron chi connectivity index (χ0n) is 35.5. The lowest BCUT2D eigenvalue weighted by atomic mass is 10.0. The number of methoxy groups -OCH3 is 1. The second-order valence-corrected chi connectivity index (χ2v) is 15.3. The van der Waals surface area contributed by atoms with Gasteiger partial charge in [-0.25, -0.2) is 29.1 Å². The molecule has 5 N–H and O–H groups in total. The number of nitrogens with zero attached hydrogens (tertiary/aromatic N) is 6. The molecular formula is C46H50FN11O5. The van der Waals surface area contributed by atoms with Crippen molar-refractivity contribution in [2.24, 2.45) is 7.05 Å². The van der Waals surface area contributed by atoms with E-state index >= 15 is 0 Å². The molecule has 0 radical (unpaired) electrons. The van der Waals surface area contributed by atoms with Crippen LogP contribution in [0.2, 0.25) is 0 Å². The molecule has 2 aromatic carbocycles. The first-order chi connectivity index (χ1) is 30.6. The molecule has 1 saturated heterocycles. The van der Waals surface area contributed by atoms with Crippen molar-refractivity contribution in [1.82, 2.24) is 45.0 Å². The largest absolute Gasteiger partial charge is 0.494 e. The number of hydrogen-bond acceptors (Lipinski definition) is 11. The van der Waals surface area contributed by atoms with Gasteiger partial charge >= 0.3 is 5.69 Å². The molecule has 0 aliphatic carbocycles. The summed E-state index contributed by atoms with van der Waals surface area (Å²) in [6.45, 7) is 4.40. The number of ether oxygens (including phenoxy) is 1. The number of nitrogens with one attached hydrogen (secondary N) is 5. The van der Waals surface area contributed by atoms with Gasteiger partial charge in [-0.05, 0) is 68.0 Å². The number of anilines is 4. The smallest absolute Gasteiger partial charge is 0.329 e. The molecule has 0 saturated carbocycles. The fraction of sp³-hybridized carbons (Fsp3) is 0.304. The third kappa shape index (κ3) is 10.0. The summed E-state index contributed by atoms with van der Waals surface area (Å²) in [6, 6.07) is 15.6. The predicted octanol–water partition coefficient (Wildman–Crippen LogP) is 6.86. The van der Waals surface area contributed by atoms with E-state index < -0.39 is 11.9 Å². The van der Waals surface area contributed by atoms with E-state index in [1.54, 1.807) is 52.6 Å². The molecule has 16 nitrogen and oxygen atoms in total. The minimum atomic E-state index is -0.564. The molecule has 1 fully saturated rings. The van der Waals surface area contributed by atoms with E-state index in [2.05, 4.69) is 59.2 Å². The molecular weight excluding hydrogens is 806 g/mol. The van der Waals surface area contributed by atoms with E-state index in [1.165, 1.54) is 26.6 Å². The van der Waals surface area contributed by atoms with E-state index in [4.69, 9.17) is 4.74 Å². The number of unbranched alkanes of at least 4 members (excludes halogenated alkanes) is 5. The van der Waals surface area contributed by atoms with Crippen LogP contribution in [0.1, 0.15) is 83.7 Å². The molecule has 326 valence electrons. The van der Waals surface area contributed by atoms with Gasteiger partial charge in [0.1, 0.15) is 17.7 Å². The highest BCUT2D eigenvalue weighted by atomic mass is 19.1. The second kappa shape index (κ2) is 20.0. The highest BCUT2D eigenvalue weighted by Gasteiger charge is 2.30. The van der Waals surface area contributed by atoms with Crippen LogP contribution in [0.15, 0.2) is 96.5 Å². The van der Waals surface area contributed by atoms with Gasteiger partial charge in [0.15, 0.2) is 17.4 Å². The quantitative estimate of drug-likeness (QED) is 0.0566. The SMILES string of the molecule is C=C1CCC(n2c(=O)n(C)c3c(CCCCCCCCNC(=O)c4ccc(Nc5cc(Nc6cccc(-c7ncc(F)cn7)c6OC)c(C(=O)NC)cn5)nc4)cccc32)C(=O)N1. The van der Waals surface area contributed by atoms with E-state index in [9.17, 15) is 23.6 Å². The van der Waals surface area contributed by atoms with Crippen molar-refractivity contribution in [2.45, 2.75) is 63.8 Å². The van der Waals surface area contributed by atoms with Crippen LogP contribution in [-0.2, 0) is 18.3 Å². The van der Waals surface area contributed by atoms with E-state index in [1.807, 2.05) is 12.1 Å². The fourth-order valence-electron chi connectivity index (χ4n) is 7.79. The van der Waals surface area contributed by atoms with Crippen molar-refractivity contribution in [1.29, 1.82) is 0 Å². The number of carbonyl (C=O) groups excluding carboxylic acids is 3. The summed E-state index contributed by atoms with van der Waals surface area (Å²) in [4.78, 5) is 68.7. The van der Waals surface area contributed by atoms with Crippen molar-refractivity contribution >= 4 is 51.8 Å². The first kappa shape index (κ1) is 43.7. The number of aromatic nitrogens is 6.